The summed E-state index contributed by atoms with van der Waals surface area (Å²) in [5.74, 6) is 0. The summed E-state index contributed by atoms with van der Waals surface area (Å²) in [5, 5.41) is 0. The minimum Gasteiger partial charge on any atom is -0.305 e. The molecule has 0 aromatic carbocycles. The molecule has 2 heterocycles. The van der Waals surface area contributed by atoms with E-state index in [-0.39, 0.29) is 0 Å². The maximum Gasteiger partial charge on any atom is 0.211 e. The van der Waals surface area contributed by atoms with Crippen molar-refractivity contribution in [1.29, 1.82) is 0 Å². The van der Waals surface area contributed by atoms with E-state index in [1.54, 1.807) is 4.31 Å². The molecule has 5 nitrogen and oxygen atoms in total. The molecule has 0 aliphatic carbocycles. The second-order valence-corrected chi connectivity index (χ2v) is 7.24. The molecular weight excluding hydrogens is 238 g/mol. The number of rotatable bonds is 2. The molecule has 2 saturated heterocycles. The van der Waals surface area contributed by atoms with Gasteiger partial charge in [-0.3, -0.25) is 4.90 Å². The topological polar surface area (TPSA) is 43.9 Å². The smallest absolute Gasteiger partial charge is 0.211 e. The molecular formula is C11H23N3O2S. The molecule has 1 unspecified atom stereocenters. The number of sulfonamides is 1. The fraction of sp³-hybridized carbons (Fsp3) is 1.00. The van der Waals surface area contributed by atoms with Gasteiger partial charge in [0.2, 0.25) is 10.0 Å². The number of likely N-dealkylation sites (N-methyl/N-ethyl adjacent to an activating group) is 1. The van der Waals surface area contributed by atoms with Gasteiger partial charge >= 0.3 is 0 Å². The van der Waals surface area contributed by atoms with E-state index in [2.05, 4.69) is 16.8 Å². The van der Waals surface area contributed by atoms with Gasteiger partial charge in [-0.1, -0.05) is 0 Å². The Morgan fingerprint density at radius 2 is 1.71 bits per heavy atom. The second kappa shape index (κ2) is 5.22. The van der Waals surface area contributed by atoms with Crippen LogP contribution in [0.25, 0.3) is 0 Å². The average Bonchev–Trinajstić information content (AvgIpc) is 2.28. The van der Waals surface area contributed by atoms with E-state index in [1.165, 1.54) is 25.6 Å². The van der Waals surface area contributed by atoms with Crippen molar-refractivity contribution < 1.29 is 8.42 Å². The van der Waals surface area contributed by atoms with E-state index in [4.69, 9.17) is 0 Å². The van der Waals surface area contributed by atoms with E-state index in [9.17, 15) is 8.42 Å². The fourth-order valence-electron chi connectivity index (χ4n) is 2.84. The average molecular weight is 261 g/mol. The van der Waals surface area contributed by atoms with Crippen LogP contribution in [-0.4, -0.2) is 81.1 Å². The molecule has 2 aliphatic heterocycles. The van der Waals surface area contributed by atoms with Gasteiger partial charge in [-0.15, -0.1) is 0 Å². The van der Waals surface area contributed by atoms with Crippen molar-refractivity contribution in [3.05, 3.63) is 0 Å². The Morgan fingerprint density at radius 1 is 1.06 bits per heavy atom. The van der Waals surface area contributed by atoms with Gasteiger partial charge in [-0.2, -0.15) is 4.31 Å². The monoisotopic (exact) mass is 261 g/mol. The molecule has 0 aromatic rings. The van der Waals surface area contributed by atoms with Gasteiger partial charge in [0.05, 0.1) is 6.26 Å². The van der Waals surface area contributed by atoms with Crippen LogP contribution in [0.15, 0.2) is 0 Å². The van der Waals surface area contributed by atoms with Crippen LogP contribution in [0.3, 0.4) is 0 Å². The maximum atomic E-state index is 11.4. The summed E-state index contributed by atoms with van der Waals surface area (Å²) in [6.07, 6.45) is 3.81. The lowest BCUT2D eigenvalue weighted by Crippen LogP contribution is -2.55. The molecule has 1 atom stereocenters. The highest BCUT2D eigenvalue weighted by Crippen LogP contribution is 2.17. The van der Waals surface area contributed by atoms with E-state index in [0.29, 0.717) is 19.1 Å². The van der Waals surface area contributed by atoms with Gasteiger partial charge < -0.3 is 4.90 Å². The lowest BCUT2D eigenvalue weighted by atomic mass is 10.0. The van der Waals surface area contributed by atoms with Gasteiger partial charge in [-0.25, -0.2) is 8.42 Å². The predicted molar refractivity (Wildman–Crippen MR) is 68.5 cm³/mol. The zero-order valence-corrected chi connectivity index (χ0v) is 11.6. The van der Waals surface area contributed by atoms with Crippen LogP contribution < -0.4 is 0 Å². The highest BCUT2D eigenvalue weighted by molar-refractivity contribution is 7.88. The maximum absolute atomic E-state index is 11.4. The number of likely N-dealkylation sites (tertiary alicyclic amines) is 1. The summed E-state index contributed by atoms with van der Waals surface area (Å²) in [4.78, 5) is 4.83. The summed E-state index contributed by atoms with van der Waals surface area (Å²) in [6.45, 7) is 5.38. The lowest BCUT2D eigenvalue weighted by molar-refractivity contribution is 0.0825. The first kappa shape index (κ1) is 13.3. The van der Waals surface area contributed by atoms with Crippen molar-refractivity contribution in [3.63, 3.8) is 0 Å². The van der Waals surface area contributed by atoms with E-state index < -0.39 is 10.0 Å². The van der Waals surface area contributed by atoms with Crippen LogP contribution in [-0.2, 0) is 10.0 Å². The third kappa shape index (κ3) is 3.40. The minimum atomic E-state index is -2.99. The number of piperidine rings is 1. The Labute approximate surface area is 104 Å². The van der Waals surface area contributed by atoms with Crippen molar-refractivity contribution in [1.82, 2.24) is 14.1 Å². The Kier molecular flexibility index (Phi) is 4.07. The molecule has 0 N–H and O–H groups in total. The van der Waals surface area contributed by atoms with Crippen LogP contribution in [0.5, 0.6) is 0 Å². The second-order valence-electron chi connectivity index (χ2n) is 5.26. The molecule has 0 bridgehead atoms. The van der Waals surface area contributed by atoms with Gasteiger partial charge in [0, 0.05) is 38.8 Å². The van der Waals surface area contributed by atoms with E-state index in [1.807, 2.05) is 0 Å². The molecule has 0 aromatic heterocycles. The zero-order valence-electron chi connectivity index (χ0n) is 10.8. The van der Waals surface area contributed by atoms with Crippen LogP contribution in [0.1, 0.15) is 12.8 Å². The normalized spacial score (nSPS) is 30.6. The summed E-state index contributed by atoms with van der Waals surface area (Å²) in [6, 6.07) is 0.621. The van der Waals surface area contributed by atoms with Crippen molar-refractivity contribution >= 4 is 10.0 Å². The quantitative estimate of drug-likeness (QED) is 0.682. The third-order valence-corrected chi connectivity index (χ3v) is 5.16. The van der Waals surface area contributed by atoms with Crippen molar-refractivity contribution in [3.8, 4) is 0 Å². The summed E-state index contributed by atoms with van der Waals surface area (Å²) in [7, 11) is -0.829. The van der Waals surface area contributed by atoms with E-state index in [0.717, 1.165) is 19.6 Å². The van der Waals surface area contributed by atoms with Crippen LogP contribution in [0.4, 0.5) is 0 Å². The Morgan fingerprint density at radius 3 is 2.24 bits per heavy atom. The number of piperazine rings is 1. The SMILES string of the molecule is CN1CCCC(N2CCN(S(C)(=O)=O)CC2)C1. The number of nitrogens with zero attached hydrogens (tertiary/aromatic N) is 3. The molecule has 100 valence electrons. The molecule has 2 rings (SSSR count). The van der Waals surface area contributed by atoms with Crippen molar-refractivity contribution in [2.45, 2.75) is 18.9 Å². The van der Waals surface area contributed by atoms with Gasteiger partial charge in [-0.05, 0) is 26.4 Å². The largest absolute Gasteiger partial charge is 0.305 e. The minimum absolute atomic E-state index is 0.621. The van der Waals surface area contributed by atoms with Crippen molar-refractivity contribution in [2.24, 2.45) is 0 Å². The van der Waals surface area contributed by atoms with Gasteiger partial charge in [0.15, 0.2) is 0 Å². The van der Waals surface area contributed by atoms with Crippen LogP contribution in [0.2, 0.25) is 0 Å². The molecule has 0 spiro atoms. The first-order valence-electron chi connectivity index (χ1n) is 6.34. The predicted octanol–water partition coefficient (Wildman–Crippen LogP) is -0.342. The molecule has 2 aliphatic rings. The number of hydrogen-bond acceptors (Lipinski definition) is 4. The molecule has 0 saturated carbocycles. The molecule has 2 fully saturated rings. The van der Waals surface area contributed by atoms with Crippen LogP contribution in [0, 0.1) is 0 Å². The standard InChI is InChI=1S/C11H23N3O2S/c1-12-5-3-4-11(10-12)13-6-8-14(9-7-13)17(2,15)16/h11H,3-10H2,1-2H3. The molecule has 17 heavy (non-hydrogen) atoms. The van der Waals surface area contributed by atoms with E-state index >= 15 is 0 Å². The number of hydrogen-bond donors (Lipinski definition) is 0. The van der Waals surface area contributed by atoms with Gasteiger partial charge in [0.25, 0.3) is 0 Å². The third-order valence-electron chi connectivity index (χ3n) is 3.86. The highest BCUT2D eigenvalue weighted by Gasteiger charge is 2.29. The molecule has 6 heteroatoms. The lowest BCUT2D eigenvalue weighted by Gasteiger charge is -2.42. The van der Waals surface area contributed by atoms with Crippen molar-refractivity contribution in [2.75, 3.05) is 52.6 Å². The Balaban J connectivity index is 1.86. The zero-order chi connectivity index (χ0) is 12.5. The molecule has 0 radical (unpaired) electrons. The summed E-state index contributed by atoms with van der Waals surface area (Å²) >= 11 is 0. The van der Waals surface area contributed by atoms with Crippen LogP contribution >= 0.6 is 0 Å². The highest BCUT2D eigenvalue weighted by atomic mass is 32.2. The first-order valence-corrected chi connectivity index (χ1v) is 8.19. The summed E-state index contributed by atoms with van der Waals surface area (Å²) < 4.78 is 24.4. The first-order chi connectivity index (χ1) is 7.97. The summed E-state index contributed by atoms with van der Waals surface area (Å²) in [5.41, 5.74) is 0. The fourth-order valence-corrected chi connectivity index (χ4v) is 3.66. The Bertz CT molecular complexity index is 350. The molecule has 0 amide bonds. The Hall–Kier alpha value is -0.170. The van der Waals surface area contributed by atoms with Gasteiger partial charge in [0.1, 0.15) is 0 Å².